The van der Waals surface area contributed by atoms with E-state index in [2.05, 4.69) is 10.3 Å². The van der Waals surface area contributed by atoms with E-state index in [1.807, 2.05) is 6.92 Å². The Bertz CT molecular complexity index is 640. The summed E-state index contributed by atoms with van der Waals surface area (Å²) in [7, 11) is 0. The van der Waals surface area contributed by atoms with E-state index >= 15 is 0 Å². The molecule has 2 heterocycles. The number of anilines is 1. The molecule has 2 aromatic rings. The zero-order valence-corrected chi connectivity index (χ0v) is 12.4. The van der Waals surface area contributed by atoms with Crippen LogP contribution in [0, 0.1) is 6.92 Å². The number of thiophene rings is 1. The molecule has 2 rings (SSSR count). The van der Waals surface area contributed by atoms with Crippen molar-refractivity contribution in [3.63, 3.8) is 0 Å². The predicted octanol–water partition coefficient (Wildman–Crippen LogP) is 3.71. The minimum atomic E-state index is -0.188. The molecule has 6 heteroatoms. The van der Waals surface area contributed by atoms with Crippen LogP contribution in [0.4, 0.5) is 5.69 Å². The number of hydrogen-bond donors (Lipinski definition) is 1. The molecule has 0 aliphatic rings. The first-order valence-electron chi connectivity index (χ1n) is 6.05. The van der Waals surface area contributed by atoms with E-state index in [9.17, 15) is 9.59 Å². The van der Waals surface area contributed by atoms with Gasteiger partial charge in [0.05, 0.1) is 9.21 Å². The molecule has 0 saturated heterocycles. The van der Waals surface area contributed by atoms with Crippen molar-refractivity contribution < 1.29 is 9.59 Å². The standard InChI is InChI=1S/C14H13ClN2O2S/c1-9-8-10(6-7-16-9)17-14(19)5-2-11(18)12-3-4-13(15)20-12/h3-4,6-8H,2,5H2,1H3,(H,16,17,19). The van der Waals surface area contributed by atoms with Crippen LogP contribution in [-0.2, 0) is 4.79 Å². The van der Waals surface area contributed by atoms with Crippen LogP contribution in [0.1, 0.15) is 28.2 Å². The van der Waals surface area contributed by atoms with Crippen molar-refractivity contribution >= 4 is 40.3 Å². The van der Waals surface area contributed by atoms with Gasteiger partial charge in [-0.05, 0) is 31.2 Å². The molecule has 0 bridgehead atoms. The van der Waals surface area contributed by atoms with Crippen molar-refractivity contribution in [2.24, 2.45) is 0 Å². The van der Waals surface area contributed by atoms with Crippen LogP contribution in [0.2, 0.25) is 4.34 Å². The molecular formula is C14H13ClN2O2S. The lowest BCUT2D eigenvalue weighted by Crippen LogP contribution is -2.13. The number of nitrogens with one attached hydrogen (secondary N) is 1. The molecule has 104 valence electrons. The molecule has 4 nitrogen and oxygen atoms in total. The number of halogens is 1. The number of amides is 1. The maximum Gasteiger partial charge on any atom is 0.224 e. The summed E-state index contributed by atoms with van der Waals surface area (Å²) in [6.07, 6.45) is 1.95. The average Bonchev–Trinajstić information content (AvgIpc) is 2.83. The first kappa shape index (κ1) is 14.7. The zero-order valence-electron chi connectivity index (χ0n) is 10.9. The van der Waals surface area contributed by atoms with E-state index in [1.54, 1.807) is 30.5 Å². The highest BCUT2D eigenvalue weighted by Gasteiger charge is 2.11. The van der Waals surface area contributed by atoms with Gasteiger partial charge in [0.15, 0.2) is 5.78 Å². The van der Waals surface area contributed by atoms with Gasteiger partial charge in [0.2, 0.25) is 5.91 Å². The van der Waals surface area contributed by atoms with Gasteiger partial charge >= 0.3 is 0 Å². The average molecular weight is 309 g/mol. The Labute approximate surface area is 125 Å². The Morgan fingerprint density at radius 1 is 1.30 bits per heavy atom. The number of hydrogen-bond acceptors (Lipinski definition) is 4. The number of rotatable bonds is 5. The second-order valence-corrected chi connectivity index (χ2v) is 5.98. The SMILES string of the molecule is Cc1cc(NC(=O)CCC(=O)c2ccc(Cl)s2)ccn1. The monoisotopic (exact) mass is 308 g/mol. The first-order valence-corrected chi connectivity index (χ1v) is 7.25. The molecule has 0 spiro atoms. The van der Waals surface area contributed by atoms with Gasteiger partial charge in [-0.2, -0.15) is 0 Å². The summed E-state index contributed by atoms with van der Waals surface area (Å²) in [5.74, 6) is -0.255. The number of aromatic nitrogens is 1. The zero-order chi connectivity index (χ0) is 14.5. The smallest absolute Gasteiger partial charge is 0.224 e. The lowest BCUT2D eigenvalue weighted by molar-refractivity contribution is -0.116. The quantitative estimate of drug-likeness (QED) is 0.857. The molecule has 0 radical (unpaired) electrons. The van der Waals surface area contributed by atoms with Gasteiger partial charge in [0, 0.05) is 30.4 Å². The normalized spacial score (nSPS) is 10.3. The fourth-order valence-electron chi connectivity index (χ4n) is 1.66. The highest BCUT2D eigenvalue weighted by Crippen LogP contribution is 2.23. The molecule has 1 N–H and O–H groups in total. The Morgan fingerprint density at radius 2 is 2.10 bits per heavy atom. The Morgan fingerprint density at radius 3 is 2.75 bits per heavy atom. The highest BCUT2D eigenvalue weighted by molar-refractivity contribution is 7.18. The molecule has 20 heavy (non-hydrogen) atoms. The summed E-state index contributed by atoms with van der Waals surface area (Å²) in [5.41, 5.74) is 1.52. The maximum atomic E-state index is 11.8. The largest absolute Gasteiger partial charge is 0.326 e. The predicted molar refractivity (Wildman–Crippen MR) is 80.5 cm³/mol. The van der Waals surface area contributed by atoms with Gasteiger partial charge in [-0.3, -0.25) is 14.6 Å². The van der Waals surface area contributed by atoms with Crippen LogP contribution in [0.15, 0.2) is 30.5 Å². The van der Waals surface area contributed by atoms with Gasteiger partial charge in [-0.15, -0.1) is 11.3 Å². The number of aryl methyl sites for hydroxylation is 1. The van der Waals surface area contributed by atoms with Crippen LogP contribution in [-0.4, -0.2) is 16.7 Å². The van der Waals surface area contributed by atoms with E-state index < -0.39 is 0 Å². The molecule has 0 saturated carbocycles. The highest BCUT2D eigenvalue weighted by atomic mass is 35.5. The van der Waals surface area contributed by atoms with Crippen molar-refractivity contribution in [1.29, 1.82) is 0 Å². The third-order valence-corrected chi connectivity index (χ3v) is 3.88. The van der Waals surface area contributed by atoms with E-state index in [0.29, 0.717) is 14.9 Å². The number of carbonyl (C=O) groups is 2. The number of nitrogens with zero attached hydrogens (tertiary/aromatic N) is 1. The molecular weight excluding hydrogens is 296 g/mol. The van der Waals surface area contributed by atoms with E-state index in [-0.39, 0.29) is 24.5 Å². The fourth-order valence-corrected chi connectivity index (χ4v) is 2.67. The topological polar surface area (TPSA) is 59.1 Å². The van der Waals surface area contributed by atoms with Crippen molar-refractivity contribution in [2.75, 3.05) is 5.32 Å². The number of pyridine rings is 1. The summed E-state index contributed by atoms with van der Waals surface area (Å²) in [5, 5.41) is 2.74. The second kappa shape index (κ2) is 6.63. The molecule has 0 aliphatic heterocycles. The number of carbonyl (C=O) groups excluding carboxylic acids is 2. The fraction of sp³-hybridized carbons (Fsp3) is 0.214. The van der Waals surface area contributed by atoms with E-state index in [0.717, 1.165) is 5.69 Å². The summed E-state index contributed by atoms with van der Waals surface area (Å²) in [6.45, 7) is 1.85. The van der Waals surface area contributed by atoms with Crippen molar-refractivity contribution in [3.8, 4) is 0 Å². The molecule has 2 aromatic heterocycles. The maximum absolute atomic E-state index is 11.8. The third kappa shape index (κ3) is 4.15. The third-order valence-electron chi connectivity index (χ3n) is 2.61. The Kier molecular flexibility index (Phi) is 4.87. The second-order valence-electron chi connectivity index (χ2n) is 4.26. The van der Waals surface area contributed by atoms with Gasteiger partial charge < -0.3 is 5.32 Å². The lowest BCUT2D eigenvalue weighted by atomic mass is 10.2. The minimum absolute atomic E-state index is 0.0667. The Balaban J connectivity index is 1.85. The van der Waals surface area contributed by atoms with Gasteiger partial charge in [-0.25, -0.2) is 0 Å². The van der Waals surface area contributed by atoms with Crippen LogP contribution in [0.3, 0.4) is 0 Å². The molecule has 1 amide bonds. The summed E-state index contributed by atoms with van der Waals surface area (Å²) in [6, 6.07) is 6.85. The van der Waals surface area contributed by atoms with Crippen LogP contribution in [0.25, 0.3) is 0 Å². The molecule has 0 aromatic carbocycles. The Hall–Kier alpha value is -1.72. The van der Waals surface area contributed by atoms with Crippen LogP contribution < -0.4 is 5.32 Å². The van der Waals surface area contributed by atoms with Gasteiger partial charge in [0.1, 0.15) is 0 Å². The summed E-state index contributed by atoms with van der Waals surface area (Å²) < 4.78 is 0.574. The summed E-state index contributed by atoms with van der Waals surface area (Å²) >= 11 is 7.00. The lowest BCUT2D eigenvalue weighted by Gasteiger charge is -2.04. The van der Waals surface area contributed by atoms with Gasteiger partial charge in [-0.1, -0.05) is 11.6 Å². The van der Waals surface area contributed by atoms with Crippen molar-refractivity contribution in [2.45, 2.75) is 19.8 Å². The van der Waals surface area contributed by atoms with Gasteiger partial charge in [0.25, 0.3) is 0 Å². The molecule has 0 unspecified atom stereocenters. The molecule has 0 aliphatic carbocycles. The minimum Gasteiger partial charge on any atom is -0.326 e. The van der Waals surface area contributed by atoms with E-state index in [1.165, 1.54) is 11.3 Å². The number of ketones is 1. The van der Waals surface area contributed by atoms with Crippen LogP contribution >= 0.6 is 22.9 Å². The van der Waals surface area contributed by atoms with Crippen molar-refractivity contribution in [1.82, 2.24) is 4.98 Å². The van der Waals surface area contributed by atoms with Crippen LogP contribution in [0.5, 0.6) is 0 Å². The molecule has 0 atom stereocenters. The summed E-state index contributed by atoms with van der Waals surface area (Å²) in [4.78, 5) is 28.2. The first-order chi connectivity index (χ1) is 9.54. The van der Waals surface area contributed by atoms with E-state index in [4.69, 9.17) is 11.6 Å². The molecule has 0 fully saturated rings. The van der Waals surface area contributed by atoms with Crippen molar-refractivity contribution in [3.05, 3.63) is 45.4 Å². The number of Topliss-reactive ketones (excluding diaryl/α,β-unsaturated/α-hetero) is 1.